The fourth-order valence-electron chi connectivity index (χ4n) is 5.53. The van der Waals surface area contributed by atoms with Gasteiger partial charge in [0.05, 0.1) is 27.9 Å². The SMILES string of the molecule is O=S(=O)(c1cccc2ccccc12)n1cc(C2=NN(c3ccccc3)C(c3ccccc3)C2)c2ccccc21. The summed E-state index contributed by atoms with van der Waals surface area (Å²) in [6, 6.07) is 41.1. The van der Waals surface area contributed by atoms with Crippen molar-refractivity contribution < 1.29 is 8.42 Å². The molecule has 190 valence electrons. The van der Waals surface area contributed by atoms with E-state index >= 15 is 0 Å². The zero-order chi connectivity index (χ0) is 26.4. The molecule has 6 heteroatoms. The first-order chi connectivity index (χ1) is 19.1. The number of benzene rings is 5. The smallest absolute Gasteiger partial charge is 0.257 e. The first kappa shape index (κ1) is 23.4. The number of nitrogens with zero attached hydrogens (tertiary/aromatic N) is 3. The maximum atomic E-state index is 14.2. The summed E-state index contributed by atoms with van der Waals surface area (Å²) in [5.41, 5.74) is 4.47. The largest absolute Gasteiger partial charge is 0.268 e. The molecular weight excluding hydrogens is 502 g/mol. The van der Waals surface area contributed by atoms with Crippen LogP contribution in [-0.2, 0) is 10.0 Å². The molecule has 0 saturated heterocycles. The summed E-state index contributed by atoms with van der Waals surface area (Å²) in [5, 5.41) is 9.60. The standard InChI is InChI=1S/C33H25N3O2S/c37-39(38,33-21-11-15-24-12-7-8-18-27(24)33)35-23-29(28-19-9-10-20-31(28)35)30-22-32(25-13-3-1-4-14-25)36(34-30)26-16-5-2-6-17-26/h1-21,23,32H,22H2. The van der Waals surface area contributed by atoms with Gasteiger partial charge in [0.1, 0.15) is 0 Å². The highest BCUT2D eigenvalue weighted by Gasteiger charge is 2.32. The van der Waals surface area contributed by atoms with E-state index in [1.54, 1.807) is 18.3 Å². The average Bonchev–Trinajstić information content (AvgIpc) is 3.61. The lowest BCUT2D eigenvalue weighted by atomic mass is 9.98. The molecule has 0 bridgehead atoms. The third-order valence-corrected chi connectivity index (χ3v) is 9.12. The van der Waals surface area contributed by atoms with Crippen LogP contribution in [0.5, 0.6) is 0 Å². The van der Waals surface area contributed by atoms with Crippen LogP contribution >= 0.6 is 0 Å². The zero-order valence-electron chi connectivity index (χ0n) is 21.1. The van der Waals surface area contributed by atoms with E-state index in [-0.39, 0.29) is 10.9 Å². The molecule has 5 nitrogen and oxygen atoms in total. The van der Waals surface area contributed by atoms with Crippen molar-refractivity contribution in [2.75, 3.05) is 5.01 Å². The number of aromatic nitrogens is 1. The normalized spacial score (nSPS) is 15.6. The van der Waals surface area contributed by atoms with E-state index < -0.39 is 10.0 Å². The van der Waals surface area contributed by atoms with Crippen molar-refractivity contribution in [3.63, 3.8) is 0 Å². The van der Waals surface area contributed by atoms with Gasteiger partial charge in [0.25, 0.3) is 10.0 Å². The number of hydrazone groups is 1. The highest BCUT2D eigenvalue weighted by atomic mass is 32.2. The van der Waals surface area contributed by atoms with E-state index in [2.05, 4.69) is 29.3 Å². The van der Waals surface area contributed by atoms with Gasteiger partial charge >= 0.3 is 0 Å². The Morgan fingerprint density at radius 3 is 2.10 bits per heavy atom. The van der Waals surface area contributed by atoms with Gasteiger partial charge in [-0.3, -0.25) is 5.01 Å². The van der Waals surface area contributed by atoms with Gasteiger partial charge in [-0.1, -0.05) is 103 Å². The van der Waals surface area contributed by atoms with Gasteiger partial charge in [-0.15, -0.1) is 0 Å². The van der Waals surface area contributed by atoms with Crippen LogP contribution in [0.3, 0.4) is 0 Å². The predicted octanol–water partition coefficient (Wildman–Crippen LogP) is 7.39. The minimum absolute atomic E-state index is 0.000358. The lowest BCUT2D eigenvalue weighted by molar-refractivity contribution is 0.590. The van der Waals surface area contributed by atoms with E-state index in [9.17, 15) is 8.42 Å². The van der Waals surface area contributed by atoms with Crippen LogP contribution in [-0.4, -0.2) is 18.1 Å². The van der Waals surface area contributed by atoms with Gasteiger partial charge in [0.15, 0.2) is 0 Å². The Hall–Kier alpha value is -4.68. The zero-order valence-corrected chi connectivity index (χ0v) is 21.9. The highest BCUT2D eigenvalue weighted by molar-refractivity contribution is 7.90. The first-order valence-corrected chi connectivity index (χ1v) is 14.4. The molecule has 0 saturated carbocycles. The number of hydrogen-bond donors (Lipinski definition) is 0. The topological polar surface area (TPSA) is 54.7 Å². The summed E-state index contributed by atoms with van der Waals surface area (Å²) in [7, 11) is -3.88. The van der Waals surface area contributed by atoms with E-state index in [1.165, 1.54) is 3.97 Å². The van der Waals surface area contributed by atoms with Crippen molar-refractivity contribution in [1.29, 1.82) is 0 Å². The van der Waals surface area contributed by atoms with Crippen molar-refractivity contribution in [1.82, 2.24) is 3.97 Å². The number of para-hydroxylation sites is 2. The van der Waals surface area contributed by atoms with Gasteiger partial charge in [-0.2, -0.15) is 5.10 Å². The first-order valence-electron chi connectivity index (χ1n) is 12.9. The Morgan fingerprint density at radius 1 is 0.667 bits per heavy atom. The lowest BCUT2D eigenvalue weighted by Gasteiger charge is -2.23. The van der Waals surface area contributed by atoms with Crippen molar-refractivity contribution in [3.05, 3.63) is 145 Å². The minimum atomic E-state index is -3.88. The van der Waals surface area contributed by atoms with Crippen molar-refractivity contribution >= 4 is 43.1 Å². The van der Waals surface area contributed by atoms with Crippen molar-refractivity contribution in [2.24, 2.45) is 5.10 Å². The van der Waals surface area contributed by atoms with Gasteiger partial charge in [0.2, 0.25) is 0 Å². The second kappa shape index (κ2) is 9.26. The second-order valence-corrected chi connectivity index (χ2v) is 11.5. The molecule has 1 aromatic heterocycles. The molecule has 1 aliphatic heterocycles. The van der Waals surface area contributed by atoms with Gasteiger partial charge in [-0.05, 0) is 35.2 Å². The molecule has 0 radical (unpaired) electrons. The molecule has 39 heavy (non-hydrogen) atoms. The molecule has 0 amide bonds. The van der Waals surface area contributed by atoms with Crippen LogP contribution in [0.15, 0.2) is 144 Å². The van der Waals surface area contributed by atoms with Gasteiger partial charge in [0, 0.05) is 29.0 Å². The summed E-state index contributed by atoms with van der Waals surface area (Å²) in [6.45, 7) is 0. The van der Waals surface area contributed by atoms with Crippen LogP contribution in [0.25, 0.3) is 21.7 Å². The molecule has 2 heterocycles. The average molecular weight is 528 g/mol. The fraction of sp³-hybridized carbons (Fsp3) is 0.0606. The quantitative estimate of drug-likeness (QED) is 0.235. The van der Waals surface area contributed by atoms with E-state index in [4.69, 9.17) is 5.10 Å². The fourth-order valence-corrected chi connectivity index (χ4v) is 7.12. The van der Waals surface area contributed by atoms with E-state index in [1.807, 2.05) is 91.0 Å². The lowest BCUT2D eigenvalue weighted by Crippen LogP contribution is -2.18. The molecule has 1 unspecified atom stereocenters. The van der Waals surface area contributed by atoms with Crippen LogP contribution in [0.2, 0.25) is 0 Å². The van der Waals surface area contributed by atoms with Crippen LogP contribution in [0.1, 0.15) is 23.6 Å². The Bertz CT molecular complexity index is 1960. The number of hydrogen-bond acceptors (Lipinski definition) is 4. The molecule has 0 aliphatic carbocycles. The summed E-state index contributed by atoms with van der Waals surface area (Å²) in [6.07, 6.45) is 2.40. The molecule has 1 aliphatic rings. The third kappa shape index (κ3) is 3.92. The molecule has 5 aromatic carbocycles. The molecule has 0 N–H and O–H groups in total. The molecule has 0 spiro atoms. The van der Waals surface area contributed by atoms with Crippen molar-refractivity contribution in [3.8, 4) is 0 Å². The molecular formula is C33H25N3O2S. The monoisotopic (exact) mass is 527 g/mol. The number of anilines is 1. The second-order valence-electron chi connectivity index (χ2n) is 9.70. The molecule has 6 aromatic rings. The van der Waals surface area contributed by atoms with Gasteiger partial charge < -0.3 is 0 Å². The Kier molecular flexibility index (Phi) is 5.56. The maximum absolute atomic E-state index is 14.2. The van der Waals surface area contributed by atoms with Crippen LogP contribution < -0.4 is 5.01 Å². The third-order valence-electron chi connectivity index (χ3n) is 7.39. The van der Waals surface area contributed by atoms with Crippen molar-refractivity contribution in [2.45, 2.75) is 17.4 Å². The highest BCUT2D eigenvalue weighted by Crippen LogP contribution is 2.39. The summed E-state index contributed by atoms with van der Waals surface area (Å²) < 4.78 is 29.8. The summed E-state index contributed by atoms with van der Waals surface area (Å²) in [4.78, 5) is 0.286. The number of fused-ring (bicyclic) bond motifs is 2. The van der Waals surface area contributed by atoms with Crippen LogP contribution in [0.4, 0.5) is 5.69 Å². The minimum Gasteiger partial charge on any atom is -0.257 e. The maximum Gasteiger partial charge on any atom is 0.268 e. The Labute approximate surface area is 227 Å². The Balaban J connectivity index is 1.40. The number of rotatable bonds is 5. The molecule has 0 fully saturated rings. The van der Waals surface area contributed by atoms with Gasteiger partial charge in [-0.25, -0.2) is 12.4 Å². The summed E-state index contributed by atoms with van der Waals surface area (Å²) in [5.74, 6) is 0. The predicted molar refractivity (Wildman–Crippen MR) is 158 cm³/mol. The van der Waals surface area contributed by atoms with Crippen LogP contribution in [0, 0.1) is 0 Å². The molecule has 1 atom stereocenters. The summed E-state index contributed by atoms with van der Waals surface area (Å²) >= 11 is 0. The van der Waals surface area contributed by atoms with E-state index in [0.717, 1.165) is 33.3 Å². The Morgan fingerprint density at radius 2 is 1.31 bits per heavy atom. The van der Waals surface area contributed by atoms with E-state index in [0.29, 0.717) is 17.3 Å². The molecule has 7 rings (SSSR count).